The van der Waals surface area contributed by atoms with Crippen molar-refractivity contribution in [1.82, 2.24) is 5.32 Å². The Balaban J connectivity index is 2.55. The molecule has 0 atom stereocenters. The first-order chi connectivity index (χ1) is 7.94. The van der Waals surface area contributed by atoms with Crippen molar-refractivity contribution in [3.63, 3.8) is 0 Å². The van der Waals surface area contributed by atoms with Crippen LogP contribution in [-0.2, 0) is 11.3 Å². The Labute approximate surface area is 102 Å². The fourth-order valence-electron chi connectivity index (χ4n) is 1.52. The van der Waals surface area contributed by atoms with Gasteiger partial charge in [0.15, 0.2) is 0 Å². The number of methoxy groups -OCH3 is 1. The van der Waals surface area contributed by atoms with Crippen LogP contribution in [0.1, 0.15) is 29.8 Å². The molecule has 0 aliphatic carbocycles. The highest BCUT2D eigenvalue weighted by Crippen LogP contribution is 2.08. The summed E-state index contributed by atoms with van der Waals surface area (Å²) in [6.07, 6.45) is 0. The number of ether oxygens (including phenoxy) is 1. The molecular weight excluding hydrogens is 218 g/mol. The highest BCUT2D eigenvalue weighted by atomic mass is 16.5. The van der Waals surface area contributed by atoms with Crippen molar-refractivity contribution in [3.8, 4) is 0 Å². The summed E-state index contributed by atoms with van der Waals surface area (Å²) >= 11 is 0. The van der Waals surface area contributed by atoms with Gasteiger partial charge in [-0.1, -0.05) is 12.1 Å². The molecule has 0 bridgehead atoms. The van der Waals surface area contributed by atoms with Crippen LogP contribution in [0.2, 0.25) is 0 Å². The first kappa shape index (κ1) is 13.7. The Hall–Kier alpha value is -1.39. The number of hydrogen-bond acceptors (Lipinski definition) is 3. The molecule has 1 aromatic rings. The molecule has 17 heavy (non-hydrogen) atoms. The van der Waals surface area contributed by atoms with E-state index in [-0.39, 0.29) is 5.54 Å². The molecule has 0 aliphatic rings. The molecule has 0 spiro atoms. The van der Waals surface area contributed by atoms with Gasteiger partial charge in [0.2, 0.25) is 0 Å². The van der Waals surface area contributed by atoms with Gasteiger partial charge in [-0.25, -0.2) is 4.79 Å². The quantitative estimate of drug-likeness (QED) is 0.793. The minimum Gasteiger partial charge on any atom is -0.478 e. The molecular formula is C13H19NO3. The average molecular weight is 237 g/mol. The van der Waals surface area contributed by atoms with E-state index < -0.39 is 5.97 Å². The Morgan fingerprint density at radius 3 is 2.41 bits per heavy atom. The fraction of sp³-hybridized carbons (Fsp3) is 0.462. The molecule has 2 N–H and O–H groups in total. The summed E-state index contributed by atoms with van der Waals surface area (Å²) in [5.74, 6) is -0.899. The van der Waals surface area contributed by atoms with Crippen LogP contribution in [0, 0.1) is 0 Å². The van der Waals surface area contributed by atoms with E-state index in [1.807, 2.05) is 12.1 Å². The van der Waals surface area contributed by atoms with Gasteiger partial charge in [-0.05, 0) is 31.5 Å². The molecule has 0 radical (unpaired) electrons. The van der Waals surface area contributed by atoms with Crippen LogP contribution in [0.15, 0.2) is 24.3 Å². The lowest BCUT2D eigenvalue weighted by molar-refractivity contribution is 0.0697. The van der Waals surface area contributed by atoms with Gasteiger partial charge in [0.05, 0.1) is 12.2 Å². The molecule has 1 aromatic carbocycles. The summed E-state index contributed by atoms with van der Waals surface area (Å²) in [6, 6.07) is 6.87. The number of carboxylic acid groups (broad SMARTS) is 1. The van der Waals surface area contributed by atoms with Crippen molar-refractivity contribution in [1.29, 1.82) is 0 Å². The van der Waals surface area contributed by atoms with Gasteiger partial charge >= 0.3 is 5.97 Å². The van der Waals surface area contributed by atoms with Gasteiger partial charge in [-0.15, -0.1) is 0 Å². The largest absolute Gasteiger partial charge is 0.478 e. The van der Waals surface area contributed by atoms with Crippen molar-refractivity contribution in [3.05, 3.63) is 35.4 Å². The third-order valence-corrected chi connectivity index (χ3v) is 2.48. The van der Waals surface area contributed by atoms with E-state index in [0.717, 1.165) is 5.56 Å². The third-order valence-electron chi connectivity index (χ3n) is 2.48. The minimum absolute atomic E-state index is 0.0970. The molecule has 0 saturated carbocycles. The molecule has 0 fully saturated rings. The van der Waals surface area contributed by atoms with Gasteiger partial charge in [-0.2, -0.15) is 0 Å². The van der Waals surface area contributed by atoms with Crippen LogP contribution in [-0.4, -0.2) is 30.3 Å². The summed E-state index contributed by atoms with van der Waals surface area (Å²) in [6.45, 7) is 5.43. The number of benzene rings is 1. The number of nitrogens with one attached hydrogen (secondary N) is 1. The highest BCUT2D eigenvalue weighted by Gasteiger charge is 2.16. The lowest BCUT2D eigenvalue weighted by Crippen LogP contribution is -2.42. The Kier molecular flexibility index (Phi) is 4.66. The maximum atomic E-state index is 10.7. The summed E-state index contributed by atoms with van der Waals surface area (Å²) in [4.78, 5) is 10.7. The number of carbonyl (C=O) groups is 1. The zero-order valence-electron chi connectivity index (χ0n) is 10.5. The molecule has 0 unspecified atom stereocenters. The van der Waals surface area contributed by atoms with E-state index in [1.54, 1.807) is 19.2 Å². The van der Waals surface area contributed by atoms with E-state index >= 15 is 0 Å². The van der Waals surface area contributed by atoms with Crippen LogP contribution in [0.3, 0.4) is 0 Å². The van der Waals surface area contributed by atoms with Crippen LogP contribution in [0.25, 0.3) is 0 Å². The number of rotatable bonds is 6. The average Bonchev–Trinajstić information content (AvgIpc) is 2.27. The van der Waals surface area contributed by atoms with E-state index in [9.17, 15) is 4.79 Å². The lowest BCUT2D eigenvalue weighted by Gasteiger charge is -2.25. The van der Waals surface area contributed by atoms with Gasteiger partial charge in [0, 0.05) is 19.2 Å². The zero-order valence-corrected chi connectivity index (χ0v) is 10.5. The molecule has 0 heterocycles. The third kappa shape index (κ3) is 4.54. The van der Waals surface area contributed by atoms with Gasteiger partial charge < -0.3 is 15.2 Å². The standard InChI is InChI=1S/C13H19NO3/c1-13(2,9-17-3)14-8-10-4-6-11(7-5-10)12(15)16/h4-7,14H,8-9H2,1-3H3,(H,15,16). The molecule has 4 heteroatoms. The fourth-order valence-corrected chi connectivity index (χ4v) is 1.52. The minimum atomic E-state index is -0.899. The second-order valence-corrected chi connectivity index (χ2v) is 4.67. The maximum Gasteiger partial charge on any atom is 0.335 e. The van der Waals surface area contributed by atoms with E-state index in [0.29, 0.717) is 18.7 Å². The Morgan fingerprint density at radius 1 is 1.35 bits per heavy atom. The van der Waals surface area contributed by atoms with Crippen LogP contribution < -0.4 is 5.32 Å². The lowest BCUT2D eigenvalue weighted by atomic mass is 10.1. The monoisotopic (exact) mass is 237 g/mol. The normalized spacial score (nSPS) is 11.5. The van der Waals surface area contributed by atoms with Gasteiger partial charge in [0.1, 0.15) is 0 Å². The predicted octanol–water partition coefficient (Wildman–Crippen LogP) is 1.90. The van der Waals surface area contributed by atoms with Crippen LogP contribution in [0.4, 0.5) is 0 Å². The van der Waals surface area contributed by atoms with E-state index in [1.165, 1.54) is 0 Å². The van der Waals surface area contributed by atoms with Crippen molar-refractivity contribution in [2.45, 2.75) is 25.9 Å². The van der Waals surface area contributed by atoms with Crippen LogP contribution in [0.5, 0.6) is 0 Å². The highest BCUT2D eigenvalue weighted by molar-refractivity contribution is 5.87. The van der Waals surface area contributed by atoms with E-state index in [2.05, 4.69) is 19.2 Å². The molecule has 4 nitrogen and oxygen atoms in total. The van der Waals surface area contributed by atoms with Crippen molar-refractivity contribution in [2.24, 2.45) is 0 Å². The second kappa shape index (κ2) is 5.80. The Morgan fingerprint density at radius 2 is 1.94 bits per heavy atom. The molecule has 1 rings (SSSR count). The summed E-state index contributed by atoms with van der Waals surface area (Å²) in [5.41, 5.74) is 1.27. The predicted molar refractivity (Wildman–Crippen MR) is 66.2 cm³/mol. The first-order valence-electron chi connectivity index (χ1n) is 5.51. The maximum absolute atomic E-state index is 10.7. The number of carboxylic acids is 1. The molecule has 0 aliphatic heterocycles. The molecule has 0 aromatic heterocycles. The topological polar surface area (TPSA) is 58.6 Å². The van der Waals surface area contributed by atoms with Crippen molar-refractivity contribution >= 4 is 5.97 Å². The SMILES string of the molecule is COCC(C)(C)NCc1ccc(C(=O)O)cc1. The zero-order chi connectivity index (χ0) is 12.9. The summed E-state index contributed by atoms with van der Waals surface area (Å²) in [5, 5.41) is 12.1. The van der Waals surface area contributed by atoms with Gasteiger partial charge in [0.25, 0.3) is 0 Å². The molecule has 0 amide bonds. The second-order valence-electron chi connectivity index (χ2n) is 4.67. The molecule has 0 saturated heterocycles. The molecule has 94 valence electrons. The first-order valence-corrected chi connectivity index (χ1v) is 5.51. The van der Waals surface area contributed by atoms with Crippen molar-refractivity contribution in [2.75, 3.05) is 13.7 Å². The van der Waals surface area contributed by atoms with Gasteiger partial charge in [-0.3, -0.25) is 0 Å². The number of hydrogen-bond donors (Lipinski definition) is 2. The summed E-state index contributed by atoms with van der Waals surface area (Å²) < 4.78 is 5.11. The Bertz CT molecular complexity index is 371. The van der Waals surface area contributed by atoms with Crippen LogP contribution >= 0.6 is 0 Å². The smallest absolute Gasteiger partial charge is 0.335 e. The van der Waals surface area contributed by atoms with E-state index in [4.69, 9.17) is 9.84 Å². The number of aromatic carboxylic acids is 1. The van der Waals surface area contributed by atoms with Crippen molar-refractivity contribution < 1.29 is 14.6 Å². The summed E-state index contributed by atoms with van der Waals surface area (Å²) in [7, 11) is 1.67.